The third-order valence-electron chi connectivity index (χ3n) is 3.40. The second kappa shape index (κ2) is 7.15. The molecule has 1 aromatic heterocycles. The fraction of sp³-hybridized carbons (Fsp3) is 0.111. The van der Waals surface area contributed by atoms with E-state index in [1.807, 2.05) is 67.0 Å². The number of carbonyl (C=O) groups is 1. The Morgan fingerprint density at radius 3 is 2.57 bits per heavy atom. The number of carbonyl (C=O) groups excluding carboxylic acids is 1. The molecule has 5 heteroatoms. The maximum Gasteiger partial charge on any atom is 0.228 e. The molecular weight excluding hydrogens is 306 g/mol. The second-order valence-electron chi connectivity index (χ2n) is 5.08. The number of nitrogens with one attached hydrogen (secondary N) is 1. The molecule has 0 unspecified atom stereocenters. The van der Waals surface area contributed by atoms with Crippen LogP contribution in [0.25, 0.3) is 5.69 Å². The van der Waals surface area contributed by atoms with E-state index in [-0.39, 0.29) is 5.91 Å². The standard InChI is InChI=1S/C18H17N3OS/c1-23-17-9-7-15(8-10-17)20-18(22)11-14-12-19-21(13-14)16-5-3-2-4-6-16/h2-10,12-13H,11H2,1H3,(H,20,22). The molecule has 2 aromatic carbocycles. The molecule has 0 radical (unpaired) electrons. The van der Waals surface area contributed by atoms with Crippen molar-refractivity contribution in [3.63, 3.8) is 0 Å². The van der Waals surface area contributed by atoms with Gasteiger partial charge < -0.3 is 5.32 Å². The van der Waals surface area contributed by atoms with Crippen LogP contribution in [-0.4, -0.2) is 21.9 Å². The van der Waals surface area contributed by atoms with Gasteiger partial charge in [-0.05, 0) is 48.2 Å². The monoisotopic (exact) mass is 323 g/mol. The first-order valence-corrected chi connectivity index (χ1v) is 8.50. The first-order chi connectivity index (χ1) is 11.2. The summed E-state index contributed by atoms with van der Waals surface area (Å²) in [5.74, 6) is -0.0467. The summed E-state index contributed by atoms with van der Waals surface area (Å²) in [5, 5.41) is 7.21. The van der Waals surface area contributed by atoms with E-state index in [0.717, 1.165) is 16.9 Å². The van der Waals surface area contributed by atoms with E-state index in [2.05, 4.69) is 10.4 Å². The van der Waals surface area contributed by atoms with Gasteiger partial charge in [0.1, 0.15) is 0 Å². The predicted octanol–water partition coefficient (Wildman–Crippen LogP) is 3.78. The van der Waals surface area contributed by atoms with Crippen molar-refractivity contribution in [1.82, 2.24) is 9.78 Å². The molecule has 23 heavy (non-hydrogen) atoms. The first-order valence-electron chi connectivity index (χ1n) is 7.27. The number of rotatable bonds is 5. The van der Waals surface area contributed by atoms with Crippen molar-refractivity contribution in [3.05, 3.63) is 72.6 Å². The average Bonchev–Trinajstić information content (AvgIpc) is 3.04. The number of hydrogen-bond donors (Lipinski definition) is 1. The maximum atomic E-state index is 12.1. The van der Waals surface area contributed by atoms with Crippen LogP contribution < -0.4 is 5.32 Å². The van der Waals surface area contributed by atoms with E-state index in [1.165, 1.54) is 4.90 Å². The van der Waals surface area contributed by atoms with E-state index < -0.39 is 0 Å². The lowest BCUT2D eigenvalue weighted by Gasteiger charge is -2.05. The fourth-order valence-electron chi connectivity index (χ4n) is 2.24. The molecule has 3 rings (SSSR count). The fourth-order valence-corrected chi connectivity index (χ4v) is 2.65. The van der Waals surface area contributed by atoms with Crippen molar-refractivity contribution in [2.45, 2.75) is 11.3 Å². The summed E-state index contributed by atoms with van der Waals surface area (Å²) in [6.07, 6.45) is 5.93. The molecule has 0 spiro atoms. The van der Waals surface area contributed by atoms with Gasteiger partial charge in [-0.3, -0.25) is 4.79 Å². The van der Waals surface area contributed by atoms with Crippen LogP contribution in [0.2, 0.25) is 0 Å². The summed E-state index contributed by atoms with van der Waals surface area (Å²) in [6, 6.07) is 17.6. The van der Waals surface area contributed by atoms with Gasteiger partial charge in [0.25, 0.3) is 0 Å². The normalized spacial score (nSPS) is 10.5. The number of para-hydroxylation sites is 1. The lowest BCUT2D eigenvalue weighted by Crippen LogP contribution is -2.13. The molecule has 0 bridgehead atoms. The Labute approximate surface area is 139 Å². The van der Waals surface area contributed by atoms with Crippen LogP contribution in [0, 0.1) is 0 Å². The van der Waals surface area contributed by atoms with Gasteiger partial charge in [0, 0.05) is 16.8 Å². The molecule has 1 heterocycles. The van der Waals surface area contributed by atoms with Crippen LogP contribution >= 0.6 is 11.8 Å². The van der Waals surface area contributed by atoms with Crippen LogP contribution in [0.15, 0.2) is 71.9 Å². The molecule has 0 fully saturated rings. The Morgan fingerprint density at radius 2 is 1.87 bits per heavy atom. The summed E-state index contributed by atoms with van der Waals surface area (Å²) >= 11 is 1.68. The summed E-state index contributed by atoms with van der Waals surface area (Å²) in [6.45, 7) is 0. The third kappa shape index (κ3) is 4.02. The lowest BCUT2D eigenvalue weighted by atomic mass is 10.2. The number of hydrogen-bond acceptors (Lipinski definition) is 3. The maximum absolute atomic E-state index is 12.1. The topological polar surface area (TPSA) is 46.9 Å². The highest BCUT2D eigenvalue weighted by Gasteiger charge is 2.07. The molecule has 116 valence electrons. The zero-order valence-corrected chi connectivity index (χ0v) is 13.6. The minimum atomic E-state index is -0.0467. The molecule has 0 aliphatic heterocycles. The summed E-state index contributed by atoms with van der Waals surface area (Å²) in [5.41, 5.74) is 2.67. The van der Waals surface area contributed by atoms with Gasteiger partial charge in [-0.2, -0.15) is 5.10 Å². The highest BCUT2D eigenvalue weighted by molar-refractivity contribution is 7.98. The number of thioether (sulfide) groups is 1. The van der Waals surface area contributed by atoms with Crippen molar-refractivity contribution in [2.75, 3.05) is 11.6 Å². The number of anilines is 1. The van der Waals surface area contributed by atoms with Crippen molar-refractivity contribution < 1.29 is 4.79 Å². The Balaban J connectivity index is 1.63. The number of amides is 1. The molecule has 3 aromatic rings. The predicted molar refractivity (Wildman–Crippen MR) is 94.1 cm³/mol. The molecule has 1 N–H and O–H groups in total. The van der Waals surface area contributed by atoms with E-state index >= 15 is 0 Å². The van der Waals surface area contributed by atoms with E-state index in [9.17, 15) is 4.79 Å². The van der Waals surface area contributed by atoms with Crippen molar-refractivity contribution >= 4 is 23.4 Å². The summed E-state index contributed by atoms with van der Waals surface area (Å²) in [7, 11) is 0. The van der Waals surface area contributed by atoms with Crippen LogP contribution in [0.1, 0.15) is 5.56 Å². The molecule has 4 nitrogen and oxygen atoms in total. The number of nitrogens with zero attached hydrogens (tertiary/aromatic N) is 2. The molecule has 0 aliphatic carbocycles. The summed E-state index contributed by atoms with van der Waals surface area (Å²) in [4.78, 5) is 13.3. The molecule has 0 saturated carbocycles. The van der Waals surface area contributed by atoms with E-state index in [1.54, 1.807) is 22.6 Å². The highest BCUT2D eigenvalue weighted by atomic mass is 32.2. The van der Waals surface area contributed by atoms with Gasteiger partial charge in [0.2, 0.25) is 5.91 Å². The minimum Gasteiger partial charge on any atom is -0.326 e. The average molecular weight is 323 g/mol. The number of benzene rings is 2. The molecular formula is C18H17N3OS. The Bertz CT molecular complexity index is 782. The first kappa shape index (κ1) is 15.4. The number of aromatic nitrogens is 2. The zero-order chi connectivity index (χ0) is 16.1. The van der Waals surface area contributed by atoms with E-state index in [4.69, 9.17) is 0 Å². The van der Waals surface area contributed by atoms with Gasteiger partial charge in [0.05, 0.1) is 18.3 Å². The molecule has 0 aliphatic rings. The smallest absolute Gasteiger partial charge is 0.228 e. The lowest BCUT2D eigenvalue weighted by molar-refractivity contribution is -0.115. The Morgan fingerprint density at radius 1 is 1.13 bits per heavy atom. The van der Waals surface area contributed by atoms with Gasteiger partial charge in [-0.15, -0.1) is 11.8 Å². The van der Waals surface area contributed by atoms with Crippen molar-refractivity contribution in [1.29, 1.82) is 0 Å². The zero-order valence-electron chi connectivity index (χ0n) is 12.8. The highest BCUT2D eigenvalue weighted by Crippen LogP contribution is 2.17. The van der Waals surface area contributed by atoms with Gasteiger partial charge in [-0.25, -0.2) is 4.68 Å². The van der Waals surface area contributed by atoms with Crippen LogP contribution in [0.3, 0.4) is 0 Å². The molecule has 0 atom stereocenters. The van der Waals surface area contributed by atoms with E-state index in [0.29, 0.717) is 6.42 Å². The Kier molecular flexibility index (Phi) is 4.78. The largest absolute Gasteiger partial charge is 0.326 e. The second-order valence-corrected chi connectivity index (χ2v) is 5.96. The van der Waals surface area contributed by atoms with Gasteiger partial charge >= 0.3 is 0 Å². The van der Waals surface area contributed by atoms with Gasteiger partial charge in [0.15, 0.2) is 0 Å². The third-order valence-corrected chi connectivity index (χ3v) is 4.14. The molecule has 0 saturated heterocycles. The van der Waals surface area contributed by atoms with Crippen LogP contribution in [-0.2, 0) is 11.2 Å². The quantitative estimate of drug-likeness (QED) is 0.727. The minimum absolute atomic E-state index is 0.0467. The molecule has 1 amide bonds. The summed E-state index contributed by atoms with van der Waals surface area (Å²) < 4.78 is 1.77. The van der Waals surface area contributed by atoms with Crippen LogP contribution in [0.5, 0.6) is 0 Å². The Hall–Kier alpha value is -2.53. The van der Waals surface area contributed by atoms with Gasteiger partial charge in [-0.1, -0.05) is 18.2 Å². The van der Waals surface area contributed by atoms with Crippen molar-refractivity contribution in [3.8, 4) is 5.69 Å². The van der Waals surface area contributed by atoms with Crippen LogP contribution in [0.4, 0.5) is 5.69 Å². The van der Waals surface area contributed by atoms with Crippen molar-refractivity contribution in [2.24, 2.45) is 0 Å². The SMILES string of the molecule is CSc1ccc(NC(=O)Cc2cnn(-c3ccccc3)c2)cc1.